The van der Waals surface area contributed by atoms with Gasteiger partial charge in [0.2, 0.25) is 0 Å². The Balaban J connectivity index is 1.44. The van der Waals surface area contributed by atoms with Gasteiger partial charge in [0.05, 0.1) is 41.9 Å². The van der Waals surface area contributed by atoms with Crippen LogP contribution in [0.15, 0.2) is 30.6 Å². The van der Waals surface area contributed by atoms with Gasteiger partial charge in [0.25, 0.3) is 5.91 Å². The largest absolute Gasteiger partial charge is 0.373 e. The number of hydrogen-bond donors (Lipinski definition) is 1. The number of aromatic nitrogens is 4. The van der Waals surface area contributed by atoms with Gasteiger partial charge in [-0.2, -0.15) is 5.10 Å². The smallest absolute Gasteiger partial charge is 0.287 e. The third kappa shape index (κ3) is 3.14. The first-order valence-corrected chi connectivity index (χ1v) is 10.3. The standard InChI is InChI=1S/C21H22ClN5O2/c1-13-5-4-7-16(22)19(13)27-18-12-29-11-17(15(18)10-24-27)25-21(28)20-23-9-14-6-2-3-8-26(14)20/h4-5,7,9-10,17H,2-3,6,8,11-12H2,1H3,(H,25,28). The zero-order chi connectivity index (χ0) is 20.0. The average molecular weight is 412 g/mol. The molecule has 1 N–H and O–H groups in total. The number of hydrogen-bond acceptors (Lipinski definition) is 4. The van der Waals surface area contributed by atoms with Crippen LogP contribution in [0.25, 0.3) is 5.69 Å². The number of imidazole rings is 1. The summed E-state index contributed by atoms with van der Waals surface area (Å²) < 4.78 is 9.64. The first-order chi connectivity index (χ1) is 14.1. The number of carbonyl (C=O) groups excluding carboxylic acids is 1. The summed E-state index contributed by atoms with van der Waals surface area (Å²) >= 11 is 6.44. The van der Waals surface area contributed by atoms with E-state index in [1.807, 2.05) is 40.6 Å². The zero-order valence-corrected chi connectivity index (χ0v) is 16.9. The van der Waals surface area contributed by atoms with Crippen LogP contribution in [0, 0.1) is 6.92 Å². The van der Waals surface area contributed by atoms with Gasteiger partial charge >= 0.3 is 0 Å². The third-order valence-corrected chi connectivity index (χ3v) is 6.02. The van der Waals surface area contributed by atoms with Gasteiger partial charge in [-0.3, -0.25) is 4.79 Å². The van der Waals surface area contributed by atoms with E-state index in [4.69, 9.17) is 16.3 Å². The van der Waals surface area contributed by atoms with Gasteiger partial charge in [0, 0.05) is 24.0 Å². The molecule has 0 saturated carbocycles. The van der Waals surface area contributed by atoms with Crippen LogP contribution in [0.4, 0.5) is 0 Å². The fourth-order valence-corrected chi connectivity index (χ4v) is 4.53. The first kappa shape index (κ1) is 18.4. The summed E-state index contributed by atoms with van der Waals surface area (Å²) in [6, 6.07) is 5.49. The summed E-state index contributed by atoms with van der Waals surface area (Å²) in [7, 11) is 0. The Morgan fingerprint density at radius 2 is 2.21 bits per heavy atom. The van der Waals surface area contributed by atoms with Crippen LogP contribution < -0.4 is 5.32 Å². The summed E-state index contributed by atoms with van der Waals surface area (Å²) in [6.07, 6.45) is 6.81. The molecule has 0 spiro atoms. The Hall–Kier alpha value is -2.64. The van der Waals surface area contributed by atoms with E-state index in [1.165, 1.54) is 0 Å². The molecule has 5 rings (SSSR count). The van der Waals surface area contributed by atoms with Crippen molar-refractivity contribution in [3.05, 3.63) is 64.0 Å². The molecule has 1 unspecified atom stereocenters. The highest BCUT2D eigenvalue weighted by molar-refractivity contribution is 6.32. The molecular weight excluding hydrogens is 390 g/mol. The second-order valence-corrected chi connectivity index (χ2v) is 7.99. The van der Waals surface area contributed by atoms with Crippen molar-refractivity contribution < 1.29 is 9.53 Å². The van der Waals surface area contributed by atoms with Crippen LogP contribution in [0.1, 0.15) is 52.0 Å². The minimum atomic E-state index is -0.278. The lowest BCUT2D eigenvalue weighted by Gasteiger charge is -2.25. The van der Waals surface area contributed by atoms with Crippen molar-refractivity contribution in [2.24, 2.45) is 0 Å². The molecule has 0 bridgehead atoms. The van der Waals surface area contributed by atoms with Crippen LogP contribution in [0.2, 0.25) is 5.02 Å². The number of carbonyl (C=O) groups is 1. The molecule has 2 aliphatic rings. The predicted octanol–water partition coefficient (Wildman–Crippen LogP) is 3.37. The highest BCUT2D eigenvalue weighted by Gasteiger charge is 2.29. The molecule has 1 aromatic carbocycles. The second-order valence-electron chi connectivity index (χ2n) is 7.59. The van der Waals surface area contributed by atoms with E-state index in [0.29, 0.717) is 24.1 Å². The molecule has 2 aliphatic heterocycles. The van der Waals surface area contributed by atoms with E-state index in [2.05, 4.69) is 15.4 Å². The monoisotopic (exact) mass is 411 g/mol. The summed E-state index contributed by atoms with van der Waals surface area (Å²) in [5.74, 6) is 0.294. The molecule has 1 amide bonds. The number of nitrogens with zero attached hydrogens (tertiary/aromatic N) is 4. The van der Waals surface area contributed by atoms with E-state index in [1.54, 1.807) is 6.20 Å². The van der Waals surface area contributed by atoms with Gasteiger partial charge in [-0.1, -0.05) is 23.7 Å². The highest BCUT2D eigenvalue weighted by Crippen LogP contribution is 2.31. The summed E-state index contributed by atoms with van der Waals surface area (Å²) in [4.78, 5) is 17.3. The van der Waals surface area contributed by atoms with Crippen molar-refractivity contribution in [3.63, 3.8) is 0 Å². The van der Waals surface area contributed by atoms with Crippen molar-refractivity contribution in [1.82, 2.24) is 24.6 Å². The molecule has 0 saturated heterocycles. The van der Waals surface area contributed by atoms with Gasteiger partial charge in [-0.15, -0.1) is 0 Å². The Bertz CT molecular complexity index is 1070. The number of fused-ring (bicyclic) bond motifs is 2. The fourth-order valence-electron chi connectivity index (χ4n) is 4.23. The lowest BCUT2D eigenvalue weighted by molar-refractivity contribution is 0.0679. The van der Waals surface area contributed by atoms with Crippen LogP contribution in [0.3, 0.4) is 0 Å². The quantitative estimate of drug-likeness (QED) is 0.717. The molecular formula is C21H22ClN5O2. The molecule has 29 heavy (non-hydrogen) atoms. The molecule has 150 valence electrons. The van der Waals surface area contributed by atoms with Crippen molar-refractivity contribution in [2.75, 3.05) is 6.61 Å². The molecule has 0 radical (unpaired) electrons. The number of rotatable bonds is 3. The minimum Gasteiger partial charge on any atom is -0.373 e. The van der Waals surface area contributed by atoms with E-state index < -0.39 is 0 Å². The maximum Gasteiger partial charge on any atom is 0.287 e. The summed E-state index contributed by atoms with van der Waals surface area (Å²) in [5.41, 5.74) is 4.85. The number of para-hydroxylation sites is 1. The normalized spacial score (nSPS) is 18.2. The van der Waals surface area contributed by atoms with E-state index >= 15 is 0 Å². The lowest BCUT2D eigenvalue weighted by Crippen LogP contribution is -2.36. The van der Waals surface area contributed by atoms with Crippen molar-refractivity contribution >= 4 is 17.5 Å². The van der Waals surface area contributed by atoms with Crippen LogP contribution >= 0.6 is 11.6 Å². The van der Waals surface area contributed by atoms with Gasteiger partial charge in [-0.05, 0) is 37.8 Å². The van der Waals surface area contributed by atoms with Crippen molar-refractivity contribution in [2.45, 2.75) is 45.4 Å². The molecule has 7 nitrogen and oxygen atoms in total. The van der Waals surface area contributed by atoms with Crippen molar-refractivity contribution in [1.29, 1.82) is 0 Å². The van der Waals surface area contributed by atoms with E-state index in [0.717, 1.165) is 54.0 Å². The van der Waals surface area contributed by atoms with Crippen LogP contribution in [-0.2, 0) is 24.3 Å². The average Bonchev–Trinajstić information content (AvgIpc) is 3.33. The van der Waals surface area contributed by atoms with Crippen molar-refractivity contribution in [3.8, 4) is 5.69 Å². The summed E-state index contributed by atoms with van der Waals surface area (Å²) in [6.45, 7) is 3.67. The maximum absolute atomic E-state index is 12.9. The molecule has 8 heteroatoms. The fraction of sp³-hybridized carbons (Fsp3) is 0.381. The first-order valence-electron chi connectivity index (χ1n) is 9.89. The molecule has 0 aliphatic carbocycles. The predicted molar refractivity (Wildman–Crippen MR) is 108 cm³/mol. The Labute approximate surface area is 173 Å². The second kappa shape index (κ2) is 7.31. The van der Waals surface area contributed by atoms with Crippen LogP contribution in [0.5, 0.6) is 0 Å². The number of amides is 1. The Kier molecular flexibility index (Phi) is 4.64. The Morgan fingerprint density at radius 3 is 3.07 bits per heavy atom. The summed E-state index contributed by atoms with van der Waals surface area (Å²) in [5, 5.41) is 8.28. The van der Waals surface area contributed by atoms with E-state index in [9.17, 15) is 4.79 Å². The molecule has 3 aromatic rings. The molecule has 2 aromatic heterocycles. The molecule has 4 heterocycles. The SMILES string of the molecule is Cc1cccc(Cl)c1-n1ncc2c1COCC2NC(=O)c1ncc2n1CCCC2. The molecule has 0 fully saturated rings. The van der Waals surface area contributed by atoms with Gasteiger partial charge in [0.1, 0.15) is 0 Å². The van der Waals surface area contributed by atoms with Gasteiger partial charge < -0.3 is 14.6 Å². The molecule has 1 atom stereocenters. The number of ether oxygens (including phenoxy) is 1. The number of aryl methyl sites for hydroxylation is 2. The van der Waals surface area contributed by atoms with E-state index in [-0.39, 0.29) is 11.9 Å². The lowest BCUT2D eigenvalue weighted by atomic mass is 10.1. The van der Waals surface area contributed by atoms with Gasteiger partial charge in [-0.25, -0.2) is 9.67 Å². The number of benzene rings is 1. The zero-order valence-electron chi connectivity index (χ0n) is 16.2. The topological polar surface area (TPSA) is 74.0 Å². The maximum atomic E-state index is 12.9. The minimum absolute atomic E-state index is 0.179. The third-order valence-electron chi connectivity index (χ3n) is 5.71. The highest BCUT2D eigenvalue weighted by atomic mass is 35.5. The number of halogens is 1. The number of nitrogens with one attached hydrogen (secondary N) is 1. The van der Waals surface area contributed by atoms with Crippen LogP contribution in [-0.4, -0.2) is 31.8 Å². The Morgan fingerprint density at radius 1 is 1.31 bits per heavy atom. The van der Waals surface area contributed by atoms with Gasteiger partial charge in [0.15, 0.2) is 5.82 Å².